The van der Waals surface area contributed by atoms with Gasteiger partial charge in [-0.1, -0.05) is 17.7 Å². The number of aromatic nitrogens is 1. The number of ether oxygens (including phenoxy) is 2. The molecule has 7 nitrogen and oxygen atoms in total. The Balaban J connectivity index is 1.41. The van der Waals surface area contributed by atoms with Gasteiger partial charge in [-0.25, -0.2) is 13.4 Å². The zero-order valence-electron chi connectivity index (χ0n) is 18.1. The Morgan fingerprint density at radius 3 is 2.47 bits per heavy atom. The van der Waals surface area contributed by atoms with Crippen LogP contribution >= 0.6 is 11.3 Å². The Morgan fingerprint density at radius 2 is 1.75 bits per heavy atom. The zero-order chi connectivity index (χ0) is 22.9. The summed E-state index contributed by atoms with van der Waals surface area (Å²) in [7, 11) is -3.65. The summed E-state index contributed by atoms with van der Waals surface area (Å²) in [5, 5.41) is 5.06. The van der Waals surface area contributed by atoms with Gasteiger partial charge in [-0.3, -0.25) is 4.79 Å². The van der Waals surface area contributed by atoms with Crippen molar-refractivity contribution in [2.24, 2.45) is 0 Å². The van der Waals surface area contributed by atoms with Crippen molar-refractivity contribution >= 4 is 32.2 Å². The van der Waals surface area contributed by atoms with Gasteiger partial charge in [0, 0.05) is 23.4 Å². The molecule has 0 bridgehead atoms. The molecule has 1 aromatic heterocycles. The first kappa shape index (κ1) is 22.3. The fourth-order valence-corrected chi connectivity index (χ4v) is 5.74. The van der Waals surface area contributed by atoms with Gasteiger partial charge in [0.2, 0.25) is 5.91 Å². The molecule has 2 heterocycles. The number of carbonyl (C=O) groups is 1. The molecule has 2 aromatic carbocycles. The number of aryl methyl sites for hydroxylation is 3. The molecule has 1 amide bonds. The molecule has 168 valence electrons. The number of fused-ring (bicyclic) bond motifs is 1. The van der Waals surface area contributed by atoms with Crippen LogP contribution < -0.4 is 14.8 Å². The lowest BCUT2D eigenvalue weighted by Gasteiger charge is -2.18. The van der Waals surface area contributed by atoms with Crippen LogP contribution in [0.1, 0.15) is 23.1 Å². The summed E-state index contributed by atoms with van der Waals surface area (Å²) >= 11 is 1.32. The molecule has 0 radical (unpaired) electrons. The van der Waals surface area contributed by atoms with Crippen molar-refractivity contribution in [3.63, 3.8) is 0 Å². The van der Waals surface area contributed by atoms with Gasteiger partial charge in [-0.15, -0.1) is 11.3 Å². The van der Waals surface area contributed by atoms with Crippen molar-refractivity contribution in [2.45, 2.75) is 32.1 Å². The van der Waals surface area contributed by atoms with E-state index in [1.54, 1.807) is 6.07 Å². The van der Waals surface area contributed by atoms with E-state index in [0.29, 0.717) is 29.8 Å². The number of sulfone groups is 1. The average Bonchev–Trinajstić information content (AvgIpc) is 3.19. The van der Waals surface area contributed by atoms with Crippen molar-refractivity contribution in [3.8, 4) is 22.8 Å². The van der Waals surface area contributed by atoms with E-state index in [0.717, 1.165) is 22.4 Å². The number of nitrogens with one attached hydrogen (secondary N) is 1. The van der Waals surface area contributed by atoms with Crippen LogP contribution in [0.2, 0.25) is 0 Å². The molecule has 32 heavy (non-hydrogen) atoms. The van der Waals surface area contributed by atoms with E-state index in [4.69, 9.17) is 9.47 Å². The summed E-state index contributed by atoms with van der Waals surface area (Å²) in [4.78, 5) is 17.0. The Bertz CT molecular complexity index is 1260. The lowest BCUT2D eigenvalue weighted by Crippen LogP contribution is -2.18. The minimum absolute atomic E-state index is 0.108. The molecule has 0 spiro atoms. The van der Waals surface area contributed by atoms with Crippen LogP contribution in [-0.4, -0.2) is 38.3 Å². The second-order valence-corrected chi connectivity index (χ2v) is 10.7. The number of amides is 1. The van der Waals surface area contributed by atoms with Gasteiger partial charge in [0.25, 0.3) is 0 Å². The highest BCUT2D eigenvalue weighted by molar-refractivity contribution is 7.91. The summed E-state index contributed by atoms with van der Waals surface area (Å²) in [6.45, 7) is 6.93. The molecule has 0 atom stereocenters. The monoisotopic (exact) mass is 472 g/mol. The molecule has 9 heteroatoms. The number of anilines is 1. The third kappa shape index (κ3) is 4.78. The first-order chi connectivity index (χ1) is 15.2. The fourth-order valence-electron chi connectivity index (χ4n) is 3.77. The quantitative estimate of drug-likeness (QED) is 0.575. The largest absolute Gasteiger partial charge is 0.486 e. The van der Waals surface area contributed by atoms with Crippen LogP contribution in [0.4, 0.5) is 5.13 Å². The number of thiazole rings is 1. The van der Waals surface area contributed by atoms with E-state index in [2.05, 4.69) is 29.4 Å². The minimum atomic E-state index is -3.65. The van der Waals surface area contributed by atoms with E-state index in [9.17, 15) is 13.2 Å². The third-order valence-corrected chi connectivity index (χ3v) is 7.63. The Kier molecular flexibility index (Phi) is 6.21. The van der Waals surface area contributed by atoms with Gasteiger partial charge in [0.1, 0.15) is 13.2 Å². The molecular formula is C23H24N2O5S2. The molecule has 1 N–H and O–H groups in total. The van der Waals surface area contributed by atoms with Gasteiger partial charge >= 0.3 is 0 Å². The van der Waals surface area contributed by atoms with Crippen LogP contribution in [0.3, 0.4) is 0 Å². The van der Waals surface area contributed by atoms with Gasteiger partial charge in [0.15, 0.2) is 26.5 Å². The second kappa shape index (κ2) is 8.91. The number of carbonyl (C=O) groups excluding carboxylic acids is 1. The maximum absolute atomic E-state index is 12.7. The second-order valence-electron chi connectivity index (χ2n) is 7.73. The first-order valence-electron chi connectivity index (χ1n) is 10.2. The Labute approximate surface area is 191 Å². The normalized spacial score (nSPS) is 13.1. The number of hydrogen-bond acceptors (Lipinski definition) is 7. The first-order valence-corrected chi connectivity index (χ1v) is 12.7. The van der Waals surface area contributed by atoms with Gasteiger partial charge in [-0.2, -0.15) is 0 Å². The summed E-state index contributed by atoms with van der Waals surface area (Å²) < 4.78 is 36.2. The molecule has 3 aromatic rings. The highest BCUT2D eigenvalue weighted by atomic mass is 32.2. The fraction of sp³-hybridized carbons (Fsp3) is 0.304. The summed E-state index contributed by atoms with van der Waals surface area (Å²) in [6, 6.07) is 8.69. The maximum atomic E-state index is 12.7. The zero-order valence-corrected chi connectivity index (χ0v) is 19.7. The predicted molar refractivity (Wildman–Crippen MR) is 124 cm³/mol. The molecule has 4 rings (SSSR count). The number of nitrogens with zero attached hydrogens (tertiary/aromatic N) is 1. The number of benzene rings is 2. The molecule has 0 unspecified atom stereocenters. The van der Waals surface area contributed by atoms with Crippen molar-refractivity contribution < 1.29 is 22.7 Å². The van der Waals surface area contributed by atoms with Gasteiger partial charge < -0.3 is 14.8 Å². The van der Waals surface area contributed by atoms with Crippen molar-refractivity contribution in [1.29, 1.82) is 0 Å². The molecule has 1 aliphatic rings. The van der Waals surface area contributed by atoms with E-state index in [-0.39, 0.29) is 17.1 Å². The summed E-state index contributed by atoms with van der Waals surface area (Å²) in [6.07, 6.45) is -0.172. The smallest absolute Gasteiger partial charge is 0.227 e. The van der Waals surface area contributed by atoms with E-state index in [1.807, 2.05) is 19.2 Å². The Hall–Kier alpha value is -2.91. The highest BCUT2D eigenvalue weighted by Gasteiger charge is 2.21. The lowest BCUT2D eigenvalue weighted by atomic mass is 9.98. The summed E-state index contributed by atoms with van der Waals surface area (Å²) in [5.41, 5.74) is 5.27. The van der Waals surface area contributed by atoms with Gasteiger partial charge in [0.05, 0.1) is 16.3 Å². The molecule has 0 saturated heterocycles. The van der Waals surface area contributed by atoms with Crippen molar-refractivity contribution in [3.05, 3.63) is 52.4 Å². The predicted octanol–water partition coefficient (Wildman–Crippen LogP) is 4.31. The molecular weight excluding hydrogens is 448 g/mol. The van der Waals surface area contributed by atoms with Crippen LogP contribution in [0, 0.1) is 20.8 Å². The van der Waals surface area contributed by atoms with Crippen LogP contribution in [0.25, 0.3) is 11.3 Å². The standard InChI is InChI=1S/C23H24N2O5S2/c1-14-10-15(2)22(16(3)11-14)18-13-31-23(24-18)25-21(26)6-9-32(27,28)17-4-5-19-20(12-17)30-8-7-29-19/h4-5,10-13H,6-9H2,1-3H3,(H,24,25,26). The maximum Gasteiger partial charge on any atom is 0.227 e. The number of hydrogen-bond donors (Lipinski definition) is 1. The van der Waals surface area contributed by atoms with Crippen LogP contribution in [0.5, 0.6) is 11.5 Å². The number of rotatable bonds is 6. The van der Waals surface area contributed by atoms with Crippen molar-refractivity contribution in [2.75, 3.05) is 24.3 Å². The SMILES string of the molecule is Cc1cc(C)c(-c2csc(NC(=O)CCS(=O)(=O)c3ccc4c(c3)OCCO4)n2)c(C)c1. The molecule has 0 fully saturated rings. The lowest BCUT2D eigenvalue weighted by molar-refractivity contribution is -0.115. The van der Waals surface area contributed by atoms with E-state index in [1.165, 1.54) is 29.0 Å². The molecule has 1 aliphatic heterocycles. The van der Waals surface area contributed by atoms with Crippen LogP contribution in [0.15, 0.2) is 40.6 Å². The van der Waals surface area contributed by atoms with Gasteiger partial charge in [-0.05, 0) is 44.0 Å². The highest BCUT2D eigenvalue weighted by Crippen LogP contribution is 2.33. The van der Waals surface area contributed by atoms with E-state index < -0.39 is 15.7 Å². The van der Waals surface area contributed by atoms with E-state index >= 15 is 0 Å². The Morgan fingerprint density at radius 1 is 1.06 bits per heavy atom. The summed E-state index contributed by atoms with van der Waals surface area (Å²) in [5.74, 6) is 0.210. The average molecular weight is 473 g/mol. The molecule has 0 saturated carbocycles. The van der Waals surface area contributed by atoms with Crippen LogP contribution in [-0.2, 0) is 14.6 Å². The third-order valence-electron chi connectivity index (χ3n) is 5.15. The minimum Gasteiger partial charge on any atom is -0.486 e. The van der Waals surface area contributed by atoms with Crippen molar-refractivity contribution in [1.82, 2.24) is 4.98 Å². The topological polar surface area (TPSA) is 94.6 Å². The molecule has 0 aliphatic carbocycles.